The molecule has 6 heteroatoms. The molecule has 6 nitrogen and oxygen atoms in total. The molecule has 23 heavy (non-hydrogen) atoms. The quantitative estimate of drug-likeness (QED) is 0.916. The molecule has 1 aromatic carbocycles. The summed E-state index contributed by atoms with van der Waals surface area (Å²) < 4.78 is 5.51. The van der Waals surface area contributed by atoms with Crippen molar-refractivity contribution in [3.8, 4) is 5.75 Å². The Morgan fingerprint density at radius 1 is 1.39 bits per heavy atom. The number of carbonyl (C=O) groups is 2. The summed E-state index contributed by atoms with van der Waals surface area (Å²) in [4.78, 5) is 28.5. The van der Waals surface area contributed by atoms with Crippen LogP contribution in [0.2, 0.25) is 0 Å². The molecule has 0 bridgehead atoms. The van der Waals surface area contributed by atoms with Crippen molar-refractivity contribution in [1.29, 1.82) is 0 Å². The molecule has 2 aliphatic rings. The summed E-state index contributed by atoms with van der Waals surface area (Å²) in [5, 5.41) is 2.75. The van der Waals surface area contributed by atoms with Gasteiger partial charge in [0.25, 0.3) is 11.8 Å². The molecule has 2 unspecified atom stereocenters. The highest BCUT2D eigenvalue weighted by atomic mass is 16.5. The van der Waals surface area contributed by atoms with E-state index in [9.17, 15) is 9.59 Å². The van der Waals surface area contributed by atoms with Gasteiger partial charge in [-0.3, -0.25) is 9.59 Å². The summed E-state index contributed by atoms with van der Waals surface area (Å²) in [5.41, 5.74) is 1.10. The molecule has 124 valence electrons. The number of fused-ring (bicyclic) bond motifs is 1. The number of para-hydroxylation sites is 1. The maximum Gasteiger partial charge on any atom is 0.262 e. The fraction of sp³-hybridized carbons (Fsp3) is 0.529. The number of ether oxygens (including phenoxy) is 1. The van der Waals surface area contributed by atoms with E-state index in [1.54, 1.807) is 18.2 Å². The van der Waals surface area contributed by atoms with Gasteiger partial charge in [0.2, 0.25) is 0 Å². The normalized spacial score (nSPS) is 23.5. The predicted octanol–water partition coefficient (Wildman–Crippen LogP) is 1.43. The van der Waals surface area contributed by atoms with Gasteiger partial charge in [0, 0.05) is 19.1 Å². The molecule has 0 spiro atoms. The predicted molar refractivity (Wildman–Crippen MR) is 87.7 cm³/mol. The lowest BCUT2D eigenvalue weighted by molar-refractivity contribution is -0.118. The first kappa shape index (κ1) is 15.8. The van der Waals surface area contributed by atoms with Crippen molar-refractivity contribution >= 4 is 17.5 Å². The number of likely N-dealkylation sites (tertiary alicyclic amines) is 1. The van der Waals surface area contributed by atoms with Gasteiger partial charge < -0.3 is 19.9 Å². The highest BCUT2D eigenvalue weighted by molar-refractivity contribution is 6.03. The number of likely N-dealkylation sites (N-methyl/N-ethyl adjacent to an activating group) is 1. The van der Waals surface area contributed by atoms with Crippen molar-refractivity contribution in [2.24, 2.45) is 5.92 Å². The number of amides is 2. The average molecular weight is 317 g/mol. The minimum atomic E-state index is -0.193. The van der Waals surface area contributed by atoms with Gasteiger partial charge in [-0.25, -0.2) is 0 Å². The van der Waals surface area contributed by atoms with E-state index in [0.717, 1.165) is 19.5 Å². The van der Waals surface area contributed by atoms with Gasteiger partial charge in [-0.05, 0) is 32.1 Å². The molecule has 0 aromatic heterocycles. The summed E-state index contributed by atoms with van der Waals surface area (Å²) >= 11 is 0. The molecular weight excluding hydrogens is 294 g/mol. The van der Waals surface area contributed by atoms with Crippen molar-refractivity contribution in [2.45, 2.75) is 19.4 Å². The van der Waals surface area contributed by atoms with E-state index < -0.39 is 0 Å². The smallest absolute Gasteiger partial charge is 0.262 e. The van der Waals surface area contributed by atoms with E-state index in [1.165, 1.54) is 0 Å². The SMILES string of the molecule is CCC1CN(C(=O)c2cccc3c2OCC(=O)N3)CC1N(C)C. The molecule has 2 atom stereocenters. The molecule has 0 saturated carbocycles. The van der Waals surface area contributed by atoms with Crippen molar-refractivity contribution in [2.75, 3.05) is 39.1 Å². The minimum absolute atomic E-state index is 0.0270. The first-order chi connectivity index (χ1) is 11.0. The Labute approximate surface area is 136 Å². The van der Waals surface area contributed by atoms with Gasteiger partial charge in [0.15, 0.2) is 12.4 Å². The Hall–Kier alpha value is -2.08. The third kappa shape index (κ3) is 2.91. The number of carbonyl (C=O) groups excluding carboxylic acids is 2. The minimum Gasteiger partial charge on any atom is -0.481 e. The lowest BCUT2D eigenvalue weighted by atomic mass is 10.0. The van der Waals surface area contributed by atoms with E-state index >= 15 is 0 Å². The molecule has 1 N–H and O–H groups in total. The van der Waals surface area contributed by atoms with Gasteiger partial charge >= 0.3 is 0 Å². The second-order valence-electron chi connectivity index (χ2n) is 6.43. The Morgan fingerprint density at radius 2 is 2.17 bits per heavy atom. The molecule has 2 heterocycles. The fourth-order valence-electron chi connectivity index (χ4n) is 3.46. The van der Waals surface area contributed by atoms with E-state index in [-0.39, 0.29) is 18.4 Å². The highest BCUT2D eigenvalue weighted by Gasteiger charge is 2.37. The van der Waals surface area contributed by atoms with Crippen LogP contribution in [0.25, 0.3) is 0 Å². The summed E-state index contributed by atoms with van der Waals surface area (Å²) in [6, 6.07) is 5.68. The van der Waals surface area contributed by atoms with E-state index in [4.69, 9.17) is 4.74 Å². The van der Waals surface area contributed by atoms with Gasteiger partial charge in [0.05, 0.1) is 11.3 Å². The molecule has 3 rings (SSSR count). The summed E-state index contributed by atoms with van der Waals surface area (Å²) in [6.45, 7) is 3.60. The highest BCUT2D eigenvalue weighted by Crippen LogP contribution is 2.34. The Bertz CT molecular complexity index is 630. The topological polar surface area (TPSA) is 61.9 Å². The van der Waals surface area contributed by atoms with Gasteiger partial charge in [-0.2, -0.15) is 0 Å². The van der Waals surface area contributed by atoms with E-state index in [1.807, 2.05) is 4.90 Å². The van der Waals surface area contributed by atoms with Crippen LogP contribution in [0, 0.1) is 5.92 Å². The van der Waals surface area contributed by atoms with Crippen LogP contribution in [0.4, 0.5) is 5.69 Å². The maximum absolute atomic E-state index is 12.9. The lowest BCUT2D eigenvalue weighted by Gasteiger charge is -2.24. The molecule has 1 aromatic rings. The fourth-order valence-corrected chi connectivity index (χ4v) is 3.46. The first-order valence-corrected chi connectivity index (χ1v) is 8.02. The third-order valence-corrected chi connectivity index (χ3v) is 4.75. The van der Waals surface area contributed by atoms with E-state index in [0.29, 0.717) is 29.0 Å². The molecular formula is C17H23N3O3. The molecule has 1 fully saturated rings. The molecule has 0 radical (unpaired) electrons. The summed E-state index contributed by atoms with van der Waals surface area (Å²) in [7, 11) is 4.12. The zero-order valence-corrected chi connectivity index (χ0v) is 13.8. The first-order valence-electron chi connectivity index (χ1n) is 8.02. The van der Waals surface area contributed by atoms with Crippen LogP contribution in [-0.4, -0.2) is 61.4 Å². The average Bonchev–Trinajstić information content (AvgIpc) is 2.98. The molecule has 1 saturated heterocycles. The van der Waals surface area contributed by atoms with Gasteiger partial charge in [-0.15, -0.1) is 0 Å². The van der Waals surface area contributed by atoms with Crippen LogP contribution in [0.15, 0.2) is 18.2 Å². The lowest BCUT2D eigenvalue weighted by Crippen LogP contribution is -2.36. The van der Waals surface area contributed by atoms with Crippen LogP contribution < -0.4 is 10.1 Å². The second kappa shape index (κ2) is 6.20. The number of hydrogen-bond donors (Lipinski definition) is 1. The second-order valence-corrected chi connectivity index (χ2v) is 6.43. The molecule has 2 aliphatic heterocycles. The van der Waals surface area contributed by atoms with Crippen molar-refractivity contribution < 1.29 is 14.3 Å². The van der Waals surface area contributed by atoms with Crippen LogP contribution >= 0.6 is 0 Å². The largest absolute Gasteiger partial charge is 0.481 e. The van der Waals surface area contributed by atoms with E-state index in [2.05, 4.69) is 31.2 Å². The number of anilines is 1. The Balaban J connectivity index is 1.85. The summed E-state index contributed by atoms with van der Waals surface area (Å²) in [5.74, 6) is 0.746. The van der Waals surface area contributed by atoms with Crippen LogP contribution in [0.3, 0.4) is 0 Å². The number of benzene rings is 1. The van der Waals surface area contributed by atoms with Crippen molar-refractivity contribution in [3.05, 3.63) is 23.8 Å². The third-order valence-electron chi connectivity index (χ3n) is 4.75. The zero-order chi connectivity index (χ0) is 16.6. The number of hydrogen-bond acceptors (Lipinski definition) is 4. The van der Waals surface area contributed by atoms with Gasteiger partial charge in [-0.1, -0.05) is 19.4 Å². The zero-order valence-electron chi connectivity index (χ0n) is 13.8. The Kier molecular flexibility index (Phi) is 4.26. The van der Waals surface area contributed by atoms with Crippen LogP contribution in [0.1, 0.15) is 23.7 Å². The van der Waals surface area contributed by atoms with Gasteiger partial charge in [0.1, 0.15) is 0 Å². The monoisotopic (exact) mass is 317 g/mol. The number of nitrogens with one attached hydrogen (secondary N) is 1. The molecule has 0 aliphatic carbocycles. The van der Waals surface area contributed by atoms with Crippen molar-refractivity contribution in [1.82, 2.24) is 9.80 Å². The molecule has 2 amide bonds. The number of nitrogens with zero attached hydrogens (tertiary/aromatic N) is 2. The standard InChI is InChI=1S/C17H23N3O3/c1-4-11-8-20(9-14(11)19(2)3)17(22)12-6-5-7-13-16(12)23-10-15(21)18-13/h5-7,11,14H,4,8-10H2,1-3H3,(H,18,21). The number of rotatable bonds is 3. The van der Waals surface area contributed by atoms with Crippen molar-refractivity contribution in [3.63, 3.8) is 0 Å². The maximum atomic E-state index is 12.9. The Morgan fingerprint density at radius 3 is 2.83 bits per heavy atom. The van der Waals surface area contributed by atoms with Crippen LogP contribution in [0.5, 0.6) is 5.75 Å². The summed E-state index contributed by atoms with van der Waals surface area (Å²) in [6.07, 6.45) is 1.05. The van der Waals surface area contributed by atoms with Crippen LogP contribution in [-0.2, 0) is 4.79 Å².